The molecule has 2 rings (SSSR count). The topological polar surface area (TPSA) is 83.5 Å². The van der Waals surface area contributed by atoms with Gasteiger partial charge in [0.2, 0.25) is 0 Å². The summed E-state index contributed by atoms with van der Waals surface area (Å²) in [6.45, 7) is 0. The molecule has 22 heavy (non-hydrogen) atoms. The summed E-state index contributed by atoms with van der Waals surface area (Å²) < 4.78 is 27.8. The second-order valence-corrected chi connectivity index (χ2v) is 8.06. The first kappa shape index (κ1) is 17.3. The average molecular weight is 470 g/mol. The van der Waals surface area contributed by atoms with Gasteiger partial charge in [-0.1, -0.05) is 27.5 Å². The highest BCUT2D eigenvalue weighted by molar-refractivity contribution is 9.11. The van der Waals surface area contributed by atoms with Crippen LogP contribution in [-0.2, 0) is 10.0 Å². The van der Waals surface area contributed by atoms with Crippen molar-refractivity contribution in [3.63, 3.8) is 0 Å². The largest absolute Gasteiger partial charge is 0.478 e. The molecule has 9 heteroatoms. The predicted octanol–water partition coefficient (Wildman–Crippen LogP) is 4.36. The molecule has 5 nitrogen and oxygen atoms in total. The van der Waals surface area contributed by atoms with Crippen LogP contribution >= 0.6 is 43.5 Å². The summed E-state index contributed by atoms with van der Waals surface area (Å²) in [7, 11) is -3.94. The zero-order valence-corrected chi connectivity index (χ0v) is 15.4. The molecule has 0 aliphatic heterocycles. The first-order valence-electron chi connectivity index (χ1n) is 5.71. The number of sulfonamides is 1. The molecule has 0 saturated carbocycles. The molecule has 2 aromatic rings. The minimum absolute atomic E-state index is 0.0249. The van der Waals surface area contributed by atoms with Gasteiger partial charge in [-0.2, -0.15) is 0 Å². The van der Waals surface area contributed by atoms with Crippen LogP contribution in [0.25, 0.3) is 0 Å². The van der Waals surface area contributed by atoms with Gasteiger partial charge < -0.3 is 5.11 Å². The van der Waals surface area contributed by atoms with E-state index in [2.05, 4.69) is 36.6 Å². The van der Waals surface area contributed by atoms with Crippen molar-refractivity contribution in [1.29, 1.82) is 0 Å². The van der Waals surface area contributed by atoms with Crippen LogP contribution in [0.5, 0.6) is 0 Å². The van der Waals surface area contributed by atoms with Crippen molar-refractivity contribution in [3.8, 4) is 0 Å². The minimum atomic E-state index is -3.94. The van der Waals surface area contributed by atoms with E-state index in [1.165, 1.54) is 30.3 Å². The van der Waals surface area contributed by atoms with E-state index in [9.17, 15) is 18.3 Å². The molecule has 0 atom stereocenters. The van der Waals surface area contributed by atoms with E-state index < -0.39 is 16.0 Å². The Labute approximate surface area is 148 Å². The van der Waals surface area contributed by atoms with Crippen LogP contribution in [0.3, 0.4) is 0 Å². The van der Waals surface area contributed by atoms with Gasteiger partial charge in [0.1, 0.15) is 0 Å². The fourth-order valence-corrected chi connectivity index (χ4v) is 4.34. The molecule has 0 aliphatic carbocycles. The minimum Gasteiger partial charge on any atom is -0.478 e. The number of anilines is 1. The quantitative estimate of drug-likeness (QED) is 0.697. The van der Waals surface area contributed by atoms with Gasteiger partial charge >= 0.3 is 5.97 Å². The summed E-state index contributed by atoms with van der Waals surface area (Å²) >= 11 is 12.1. The number of carboxylic acid groups (broad SMARTS) is 1. The van der Waals surface area contributed by atoms with E-state index in [0.29, 0.717) is 14.0 Å². The van der Waals surface area contributed by atoms with Crippen molar-refractivity contribution in [3.05, 3.63) is 55.9 Å². The van der Waals surface area contributed by atoms with Gasteiger partial charge in [-0.25, -0.2) is 13.2 Å². The summed E-state index contributed by atoms with van der Waals surface area (Å²) in [5.41, 5.74) is -0.232. The normalized spacial score (nSPS) is 11.2. The number of nitrogens with one attached hydrogen (secondary N) is 1. The molecule has 0 radical (unpaired) electrons. The molecule has 0 bridgehead atoms. The highest BCUT2D eigenvalue weighted by Crippen LogP contribution is 2.32. The van der Waals surface area contributed by atoms with Crippen molar-refractivity contribution < 1.29 is 18.3 Å². The molecule has 0 fully saturated rings. The first-order chi connectivity index (χ1) is 10.2. The Kier molecular flexibility index (Phi) is 5.16. The van der Waals surface area contributed by atoms with Gasteiger partial charge in [0.15, 0.2) is 0 Å². The number of halogens is 3. The summed E-state index contributed by atoms with van der Waals surface area (Å²) in [4.78, 5) is 11.3. The molecular formula is C13H8Br2ClNO4S. The van der Waals surface area contributed by atoms with E-state index in [1.807, 2.05) is 0 Å². The molecule has 0 saturated heterocycles. The number of rotatable bonds is 4. The third-order valence-corrected chi connectivity index (χ3v) is 5.35. The molecule has 0 heterocycles. The third-order valence-electron chi connectivity index (χ3n) is 2.65. The Bertz CT molecular complexity index is 838. The number of hydrogen-bond donors (Lipinski definition) is 2. The first-order valence-corrected chi connectivity index (χ1v) is 9.16. The number of carbonyl (C=O) groups is 1. The van der Waals surface area contributed by atoms with Gasteiger partial charge in [0.05, 0.1) is 16.1 Å². The highest BCUT2D eigenvalue weighted by Gasteiger charge is 2.21. The van der Waals surface area contributed by atoms with Gasteiger partial charge in [0, 0.05) is 14.0 Å². The van der Waals surface area contributed by atoms with Crippen molar-refractivity contribution in [1.82, 2.24) is 0 Å². The van der Waals surface area contributed by atoms with Crippen LogP contribution < -0.4 is 4.72 Å². The number of carboxylic acids is 1. The van der Waals surface area contributed by atoms with E-state index in [-0.39, 0.29) is 16.1 Å². The lowest BCUT2D eigenvalue weighted by Crippen LogP contribution is -2.16. The summed E-state index contributed by atoms with van der Waals surface area (Å²) in [6, 6.07) is 8.39. The Morgan fingerprint density at radius 3 is 2.27 bits per heavy atom. The maximum Gasteiger partial charge on any atom is 0.337 e. The fourth-order valence-electron chi connectivity index (χ4n) is 1.65. The number of benzene rings is 2. The van der Waals surface area contributed by atoms with E-state index in [1.54, 1.807) is 6.07 Å². The van der Waals surface area contributed by atoms with Crippen LogP contribution in [-0.4, -0.2) is 19.5 Å². The molecule has 0 spiro atoms. The summed E-state index contributed by atoms with van der Waals surface area (Å²) in [5, 5.41) is 9.62. The Morgan fingerprint density at radius 2 is 1.73 bits per heavy atom. The molecule has 2 aromatic carbocycles. The molecule has 0 aliphatic rings. The SMILES string of the molecule is O=C(O)c1cc(Br)cc(Br)c1NS(=O)(=O)c1ccc(Cl)cc1. The van der Waals surface area contributed by atoms with Crippen molar-refractivity contribution in [2.45, 2.75) is 4.90 Å². The van der Waals surface area contributed by atoms with E-state index >= 15 is 0 Å². The molecule has 0 amide bonds. The van der Waals surface area contributed by atoms with Crippen LogP contribution in [0.15, 0.2) is 50.2 Å². The lowest BCUT2D eigenvalue weighted by atomic mass is 10.2. The molecule has 0 unspecified atom stereocenters. The standard InChI is InChI=1S/C13H8Br2ClNO4S/c14-7-5-10(13(18)19)12(11(15)6-7)17-22(20,21)9-3-1-8(16)2-4-9/h1-6,17H,(H,18,19). The monoisotopic (exact) mass is 467 g/mol. The second kappa shape index (κ2) is 6.57. The van der Waals surface area contributed by atoms with E-state index in [0.717, 1.165) is 0 Å². The lowest BCUT2D eigenvalue weighted by Gasteiger charge is -2.13. The van der Waals surface area contributed by atoms with Crippen LogP contribution in [0.4, 0.5) is 5.69 Å². The maximum atomic E-state index is 12.3. The zero-order chi connectivity index (χ0) is 16.5. The lowest BCUT2D eigenvalue weighted by molar-refractivity contribution is 0.0698. The maximum absolute atomic E-state index is 12.3. The van der Waals surface area contributed by atoms with Gasteiger partial charge in [-0.15, -0.1) is 0 Å². The molecular weight excluding hydrogens is 461 g/mol. The zero-order valence-electron chi connectivity index (χ0n) is 10.7. The predicted molar refractivity (Wildman–Crippen MR) is 91.1 cm³/mol. The van der Waals surface area contributed by atoms with Gasteiger partial charge in [0.25, 0.3) is 10.0 Å². The molecule has 2 N–H and O–H groups in total. The van der Waals surface area contributed by atoms with Crippen molar-refractivity contribution in [2.75, 3.05) is 4.72 Å². The number of hydrogen-bond acceptors (Lipinski definition) is 3. The molecule has 0 aromatic heterocycles. The van der Waals surface area contributed by atoms with Gasteiger partial charge in [-0.05, 0) is 52.3 Å². The van der Waals surface area contributed by atoms with Crippen LogP contribution in [0.1, 0.15) is 10.4 Å². The summed E-state index contributed by atoms with van der Waals surface area (Å²) in [5.74, 6) is -1.25. The van der Waals surface area contributed by atoms with Crippen LogP contribution in [0.2, 0.25) is 5.02 Å². The average Bonchev–Trinajstić information content (AvgIpc) is 2.41. The summed E-state index contributed by atoms with van der Waals surface area (Å²) in [6.07, 6.45) is 0. The number of aromatic carboxylic acids is 1. The highest BCUT2D eigenvalue weighted by atomic mass is 79.9. The Balaban J connectivity index is 2.50. The van der Waals surface area contributed by atoms with E-state index in [4.69, 9.17) is 11.6 Å². The third kappa shape index (κ3) is 3.81. The Hall–Kier alpha value is -1.09. The fraction of sp³-hybridized carbons (Fsp3) is 0. The smallest absolute Gasteiger partial charge is 0.337 e. The van der Waals surface area contributed by atoms with Crippen LogP contribution in [0, 0.1) is 0 Å². The second-order valence-electron chi connectivity index (χ2n) is 4.17. The molecule has 116 valence electrons. The van der Waals surface area contributed by atoms with Crippen molar-refractivity contribution in [2.24, 2.45) is 0 Å². The Morgan fingerprint density at radius 1 is 1.14 bits per heavy atom. The van der Waals surface area contributed by atoms with Crippen molar-refractivity contribution >= 4 is 65.1 Å². The van der Waals surface area contributed by atoms with Gasteiger partial charge in [-0.3, -0.25) is 4.72 Å².